The molecule has 1 aromatic heterocycles. The van der Waals surface area contributed by atoms with Crippen LogP contribution in [0.3, 0.4) is 0 Å². The molecule has 10 nitrogen and oxygen atoms in total. The van der Waals surface area contributed by atoms with Gasteiger partial charge in [0.15, 0.2) is 0 Å². The second kappa shape index (κ2) is 9.32. The van der Waals surface area contributed by atoms with Crippen LogP contribution in [0.2, 0.25) is 0 Å². The number of amides is 1. The highest BCUT2D eigenvalue weighted by Crippen LogP contribution is 2.28. The molecule has 1 aliphatic rings. The van der Waals surface area contributed by atoms with Gasteiger partial charge < -0.3 is 14.4 Å². The van der Waals surface area contributed by atoms with Crippen LogP contribution in [0.5, 0.6) is 0 Å². The molecule has 29 heavy (non-hydrogen) atoms. The zero-order valence-electron chi connectivity index (χ0n) is 15.6. The lowest BCUT2D eigenvalue weighted by atomic mass is 10.2. The SMILES string of the molecule is COC(=O)/C=C1/SCC(=O)N1CCCOC(=O)Cn1nnc2ccccc2c1=O. The number of aromatic nitrogens is 3. The van der Waals surface area contributed by atoms with Crippen molar-refractivity contribution in [2.24, 2.45) is 0 Å². The fourth-order valence-corrected chi connectivity index (χ4v) is 3.59. The van der Waals surface area contributed by atoms with Gasteiger partial charge in [-0.3, -0.25) is 14.4 Å². The lowest BCUT2D eigenvalue weighted by Crippen LogP contribution is -2.29. The van der Waals surface area contributed by atoms with Gasteiger partial charge in [-0.05, 0) is 18.6 Å². The third-order valence-corrected chi connectivity index (χ3v) is 5.08. The van der Waals surface area contributed by atoms with Crippen molar-refractivity contribution in [3.63, 3.8) is 0 Å². The molecule has 11 heteroatoms. The van der Waals surface area contributed by atoms with Crippen LogP contribution in [-0.2, 0) is 30.4 Å². The second-order valence-corrected chi connectivity index (χ2v) is 6.98. The Labute approximate surface area is 169 Å². The lowest BCUT2D eigenvalue weighted by molar-refractivity contribution is -0.144. The zero-order chi connectivity index (χ0) is 20.8. The van der Waals surface area contributed by atoms with Crippen molar-refractivity contribution >= 4 is 40.5 Å². The predicted molar refractivity (Wildman–Crippen MR) is 104 cm³/mol. The fraction of sp³-hybridized carbons (Fsp3) is 0.333. The maximum Gasteiger partial charge on any atom is 0.333 e. The van der Waals surface area contributed by atoms with Gasteiger partial charge in [0, 0.05) is 6.54 Å². The lowest BCUT2D eigenvalue weighted by Gasteiger charge is -2.16. The van der Waals surface area contributed by atoms with Gasteiger partial charge in [0.2, 0.25) is 5.91 Å². The summed E-state index contributed by atoms with van der Waals surface area (Å²) in [4.78, 5) is 49.1. The Hall–Kier alpha value is -3.21. The third-order valence-electron chi connectivity index (χ3n) is 4.05. The maximum atomic E-state index is 12.3. The normalized spacial score (nSPS) is 15.1. The Kier molecular flexibility index (Phi) is 6.60. The second-order valence-electron chi connectivity index (χ2n) is 5.98. The molecule has 1 aliphatic heterocycles. The molecule has 0 unspecified atom stereocenters. The molecule has 2 aromatic rings. The fourth-order valence-electron chi connectivity index (χ4n) is 2.63. The van der Waals surface area contributed by atoms with E-state index in [1.165, 1.54) is 29.8 Å². The van der Waals surface area contributed by atoms with Crippen LogP contribution >= 0.6 is 11.8 Å². The molecule has 0 spiro atoms. The number of ether oxygens (including phenoxy) is 2. The van der Waals surface area contributed by atoms with Gasteiger partial charge in [-0.1, -0.05) is 29.1 Å². The number of benzene rings is 1. The van der Waals surface area contributed by atoms with E-state index in [9.17, 15) is 19.2 Å². The number of hydrogen-bond donors (Lipinski definition) is 0. The van der Waals surface area contributed by atoms with E-state index >= 15 is 0 Å². The molecule has 0 radical (unpaired) electrons. The minimum Gasteiger partial charge on any atom is -0.466 e. The number of hydrogen-bond acceptors (Lipinski definition) is 9. The molecule has 3 rings (SSSR count). The smallest absolute Gasteiger partial charge is 0.333 e. The summed E-state index contributed by atoms with van der Waals surface area (Å²) in [5.41, 5.74) is 0.0240. The number of methoxy groups -OCH3 is 1. The topological polar surface area (TPSA) is 121 Å². The molecule has 0 saturated carbocycles. The quantitative estimate of drug-likeness (QED) is 0.355. The van der Waals surface area contributed by atoms with Gasteiger partial charge in [-0.2, -0.15) is 4.68 Å². The molecule has 0 atom stereocenters. The van der Waals surface area contributed by atoms with Gasteiger partial charge >= 0.3 is 11.9 Å². The summed E-state index contributed by atoms with van der Waals surface area (Å²) in [6, 6.07) is 6.71. The predicted octanol–water partition coefficient (Wildman–Crippen LogP) is 0.315. The standard InChI is InChI=1S/C18H18N4O6S/c1-27-16(24)9-15-21(14(23)11-29-15)7-4-8-28-17(25)10-22-18(26)12-5-2-3-6-13(12)19-20-22/h2-3,5-6,9H,4,7-8,10-11H2,1H3/b15-9+. The summed E-state index contributed by atoms with van der Waals surface area (Å²) in [5, 5.41) is 8.52. The van der Waals surface area contributed by atoms with Crippen molar-refractivity contribution in [1.29, 1.82) is 0 Å². The van der Waals surface area contributed by atoms with Crippen molar-refractivity contribution in [1.82, 2.24) is 19.9 Å². The van der Waals surface area contributed by atoms with Crippen molar-refractivity contribution in [2.45, 2.75) is 13.0 Å². The first-order chi connectivity index (χ1) is 14.0. The van der Waals surface area contributed by atoms with Gasteiger partial charge in [-0.15, -0.1) is 5.10 Å². The van der Waals surface area contributed by atoms with Crippen molar-refractivity contribution in [3.8, 4) is 0 Å². The summed E-state index contributed by atoms with van der Waals surface area (Å²) >= 11 is 1.25. The summed E-state index contributed by atoms with van der Waals surface area (Å²) in [6.45, 7) is -0.0190. The highest BCUT2D eigenvalue weighted by atomic mass is 32.2. The summed E-state index contributed by atoms with van der Waals surface area (Å²) in [5.74, 6) is -1.06. The van der Waals surface area contributed by atoms with Gasteiger partial charge in [0.05, 0.1) is 36.0 Å². The number of nitrogens with zero attached hydrogens (tertiary/aromatic N) is 4. The molecule has 1 saturated heterocycles. The molecule has 1 amide bonds. The highest BCUT2D eigenvalue weighted by molar-refractivity contribution is 8.04. The van der Waals surface area contributed by atoms with E-state index in [4.69, 9.17) is 4.74 Å². The van der Waals surface area contributed by atoms with E-state index < -0.39 is 17.5 Å². The number of fused-ring (bicyclic) bond motifs is 1. The van der Waals surface area contributed by atoms with Crippen LogP contribution in [0.15, 0.2) is 40.2 Å². The van der Waals surface area contributed by atoms with Crippen molar-refractivity contribution < 1.29 is 23.9 Å². The van der Waals surface area contributed by atoms with Gasteiger partial charge in [0.1, 0.15) is 12.1 Å². The first kappa shape index (κ1) is 20.5. The number of carbonyl (C=O) groups is 3. The molecule has 0 N–H and O–H groups in total. The first-order valence-corrected chi connectivity index (χ1v) is 9.69. The Morgan fingerprint density at radius 3 is 2.86 bits per heavy atom. The summed E-state index contributed by atoms with van der Waals surface area (Å²) < 4.78 is 10.6. The highest BCUT2D eigenvalue weighted by Gasteiger charge is 2.27. The molecule has 0 aliphatic carbocycles. The molecular weight excluding hydrogens is 400 g/mol. The molecule has 2 heterocycles. The number of thioether (sulfide) groups is 1. The average Bonchev–Trinajstić information content (AvgIpc) is 3.06. The number of carbonyl (C=O) groups excluding carboxylic acids is 3. The number of rotatable bonds is 7. The Morgan fingerprint density at radius 1 is 1.28 bits per heavy atom. The largest absolute Gasteiger partial charge is 0.466 e. The van der Waals surface area contributed by atoms with Crippen LogP contribution in [0, 0.1) is 0 Å². The summed E-state index contributed by atoms with van der Waals surface area (Å²) in [6.07, 6.45) is 1.63. The van der Waals surface area contributed by atoms with Gasteiger partial charge in [0.25, 0.3) is 5.56 Å². The van der Waals surface area contributed by atoms with Crippen molar-refractivity contribution in [3.05, 3.63) is 45.7 Å². The van der Waals surface area contributed by atoms with E-state index in [0.29, 0.717) is 22.4 Å². The third kappa shape index (κ3) is 4.99. The molecular formula is C18H18N4O6S. The summed E-state index contributed by atoms with van der Waals surface area (Å²) in [7, 11) is 1.26. The molecule has 0 bridgehead atoms. The molecule has 152 valence electrons. The van der Waals surface area contributed by atoms with Crippen LogP contribution in [0.25, 0.3) is 10.9 Å². The van der Waals surface area contributed by atoms with E-state index in [1.807, 2.05) is 0 Å². The molecule has 1 fully saturated rings. The molecule has 1 aromatic carbocycles. The van der Waals surface area contributed by atoms with E-state index in [1.54, 1.807) is 24.3 Å². The van der Waals surface area contributed by atoms with E-state index in [2.05, 4.69) is 15.0 Å². The van der Waals surface area contributed by atoms with Crippen molar-refractivity contribution in [2.75, 3.05) is 26.0 Å². The van der Waals surface area contributed by atoms with Crippen LogP contribution in [-0.4, -0.2) is 63.8 Å². The first-order valence-electron chi connectivity index (χ1n) is 8.70. The van der Waals surface area contributed by atoms with Gasteiger partial charge in [-0.25, -0.2) is 4.79 Å². The van der Waals surface area contributed by atoms with E-state index in [0.717, 1.165) is 4.68 Å². The average molecular weight is 418 g/mol. The van der Waals surface area contributed by atoms with Crippen LogP contribution in [0.1, 0.15) is 6.42 Å². The monoisotopic (exact) mass is 418 g/mol. The minimum absolute atomic E-state index is 0.0501. The Morgan fingerprint density at radius 2 is 2.07 bits per heavy atom. The zero-order valence-corrected chi connectivity index (χ0v) is 16.4. The van der Waals surface area contributed by atoms with E-state index in [-0.39, 0.29) is 31.4 Å². The minimum atomic E-state index is -0.635. The van der Waals surface area contributed by atoms with Crippen LogP contribution < -0.4 is 5.56 Å². The number of esters is 2. The maximum absolute atomic E-state index is 12.3. The Balaban J connectivity index is 1.51. The van der Waals surface area contributed by atoms with Crippen LogP contribution in [0.4, 0.5) is 0 Å². The Bertz CT molecular complexity index is 1030.